The molecule has 0 aromatic carbocycles. The Morgan fingerprint density at radius 2 is 1.57 bits per heavy atom. The molecule has 0 aromatic heterocycles. The maximum Gasteiger partial charge on any atom is 0.235 e. The highest BCUT2D eigenvalue weighted by Gasteiger charge is 2.33. The normalized spacial score (nSPS) is 19.1. The molecule has 0 aliphatic carbocycles. The van der Waals surface area contributed by atoms with E-state index in [2.05, 4.69) is 9.98 Å². The van der Waals surface area contributed by atoms with E-state index in [9.17, 15) is 9.59 Å². The molecule has 1 rings (SSSR count). The highest BCUT2D eigenvalue weighted by Crippen LogP contribution is 2.42. The van der Waals surface area contributed by atoms with Crippen molar-refractivity contribution in [2.45, 2.75) is 10.5 Å². The number of hydrogen-bond acceptors (Lipinski definition) is 6. The third-order valence-corrected chi connectivity index (χ3v) is 5.05. The Kier molecular flexibility index (Phi) is 4.98. The fourth-order valence-corrected chi connectivity index (χ4v) is 4.12. The van der Waals surface area contributed by atoms with Gasteiger partial charge in [0.05, 0.1) is 13.1 Å². The average molecular weight is 230 g/mol. The summed E-state index contributed by atoms with van der Waals surface area (Å²) in [6.07, 6.45) is 4.19. The quantitative estimate of drug-likeness (QED) is 0.538. The Labute approximate surface area is 90.6 Å². The van der Waals surface area contributed by atoms with E-state index >= 15 is 0 Å². The first kappa shape index (κ1) is 11.5. The van der Waals surface area contributed by atoms with Crippen molar-refractivity contribution in [3.63, 3.8) is 0 Å². The van der Waals surface area contributed by atoms with E-state index in [0.717, 1.165) is 17.9 Å². The molecule has 1 saturated heterocycles. The predicted molar refractivity (Wildman–Crippen MR) is 58.2 cm³/mol. The molecule has 0 saturated carbocycles. The summed E-state index contributed by atoms with van der Waals surface area (Å²) >= 11 is 3.42. The SMILES string of the molecule is O=C=NCC1(CN=C=O)SCCCS1. The number of isocyanates is 2. The van der Waals surface area contributed by atoms with Crippen molar-refractivity contribution in [3.05, 3.63) is 0 Å². The van der Waals surface area contributed by atoms with E-state index in [1.165, 1.54) is 12.2 Å². The van der Waals surface area contributed by atoms with Crippen LogP contribution >= 0.6 is 23.5 Å². The molecule has 1 aliphatic heterocycles. The fraction of sp³-hybridized carbons (Fsp3) is 0.750. The number of carbonyl (C=O) groups excluding carboxylic acids is 2. The van der Waals surface area contributed by atoms with Gasteiger partial charge in [-0.05, 0) is 17.9 Å². The first-order valence-corrected chi connectivity index (χ1v) is 6.15. The minimum absolute atomic E-state index is 0.243. The van der Waals surface area contributed by atoms with E-state index in [-0.39, 0.29) is 4.08 Å². The molecule has 0 unspecified atom stereocenters. The van der Waals surface area contributed by atoms with Crippen molar-refractivity contribution in [3.8, 4) is 0 Å². The lowest BCUT2D eigenvalue weighted by Gasteiger charge is -2.32. The minimum Gasteiger partial charge on any atom is -0.211 e. The Hall–Kier alpha value is -0.540. The number of nitrogens with zero attached hydrogens (tertiary/aromatic N) is 2. The lowest BCUT2D eigenvalue weighted by molar-refractivity contribution is 0.560. The summed E-state index contributed by atoms with van der Waals surface area (Å²) in [6, 6.07) is 0. The van der Waals surface area contributed by atoms with Crippen LogP contribution in [0.5, 0.6) is 0 Å². The van der Waals surface area contributed by atoms with Crippen molar-refractivity contribution in [1.82, 2.24) is 0 Å². The van der Waals surface area contributed by atoms with E-state index in [1.54, 1.807) is 23.5 Å². The number of thioether (sulfide) groups is 2. The van der Waals surface area contributed by atoms with Crippen LogP contribution in [0, 0.1) is 0 Å². The summed E-state index contributed by atoms with van der Waals surface area (Å²) in [7, 11) is 0. The Balaban J connectivity index is 2.65. The molecule has 0 atom stereocenters. The van der Waals surface area contributed by atoms with Gasteiger partial charge in [0.2, 0.25) is 12.2 Å². The molecule has 14 heavy (non-hydrogen) atoms. The highest BCUT2D eigenvalue weighted by molar-refractivity contribution is 8.18. The van der Waals surface area contributed by atoms with Gasteiger partial charge in [-0.3, -0.25) is 0 Å². The van der Waals surface area contributed by atoms with Crippen molar-refractivity contribution < 1.29 is 9.59 Å². The highest BCUT2D eigenvalue weighted by atomic mass is 32.2. The molecule has 0 amide bonds. The minimum atomic E-state index is -0.243. The second-order valence-electron chi connectivity index (χ2n) is 2.78. The van der Waals surface area contributed by atoms with Crippen LogP contribution in [0.2, 0.25) is 0 Å². The lowest BCUT2D eigenvalue weighted by Crippen LogP contribution is -2.32. The van der Waals surface area contributed by atoms with Crippen LogP contribution in [-0.4, -0.2) is 40.8 Å². The van der Waals surface area contributed by atoms with Crippen LogP contribution in [0.4, 0.5) is 0 Å². The van der Waals surface area contributed by atoms with Crippen LogP contribution in [0.1, 0.15) is 6.42 Å². The first-order chi connectivity index (χ1) is 6.83. The van der Waals surface area contributed by atoms with Gasteiger partial charge in [-0.25, -0.2) is 19.6 Å². The molecule has 0 radical (unpaired) electrons. The summed E-state index contributed by atoms with van der Waals surface area (Å²) in [6.45, 7) is 0.744. The fourth-order valence-electron chi connectivity index (χ4n) is 1.15. The van der Waals surface area contributed by atoms with Gasteiger partial charge < -0.3 is 0 Å². The van der Waals surface area contributed by atoms with Gasteiger partial charge in [-0.1, -0.05) is 0 Å². The van der Waals surface area contributed by atoms with Crippen molar-refractivity contribution in [2.75, 3.05) is 24.6 Å². The zero-order chi connectivity index (χ0) is 10.3. The summed E-state index contributed by atoms with van der Waals surface area (Å²) < 4.78 is -0.243. The van der Waals surface area contributed by atoms with Crippen molar-refractivity contribution in [1.29, 1.82) is 0 Å². The zero-order valence-corrected chi connectivity index (χ0v) is 9.20. The van der Waals surface area contributed by atoms with Crippen LogP contribution in [0.15, 0.2) is 9.98 Å². The van der Waals surface area contributed by atoms with Gasteiger partial charge in [0.1, 0.15) is 4.08 Å². The molecule has 0 spiro atoms. The third-order valence-electron chi connectivity index (χ3n) is 1.79. The molecule has 76 valence electrons. The summed E-state index contributed by atoms with van der Waals surface area (Å²) in [4.78, 5) is 27.3. The second kappa shape index (κ2) is 6.04. The van der Waals surface area contributed by atoms with E-state index in [4.69, 9.17) is 0 Å². The largest absolute Gasteiger partial charge is 0.235 e. The molecular weight excluding hydrogens is 220 g/mol. The van der Waals surface area contributed by atoms with Gasteiger partial charge in [-0.2, -0.15) is 0 Å². The molecule has 6 heteroatoms. The van der Waals surface area contributed by atoms with Crippen LogP contribution in [-0.2, 0) is 9.59 Å². The van der Waals surface area contributed by atoms with Crippen LogP contribution < -0.4 is 0 Å². The zero-order valence-electron chi connectivity index (χ0n) is 7.56. The Morgan fingerprint density at radius 1 is 1.07 bits per heavy atom. The molecule has 4 nitrogen and oxygen atoms in total. The second-order valence-corrected chi connectivity index (χ2v) is 5.99. The van der Waals surface area contributed by atoms with E-state index < -0.39 is 0 Å². The molecule has 1 fully saturated rings. The number of hydrogen-bond donors (Lipinski definition) is 0. The van der Waals surface area contributed by atoms with Crippen LogP contribution in [0.3, 0.4) is 0 Å². The number of aliphatic imine (C=N–C) groups is 2. The monoisotopic (exact) mass is 230 g/mol. The Morgan fingerprint density at radius 3 is 2.00 bits per heavy atom. The summed E-state index contributed by atoms with van der Waals surface area (Å²) in [5.41, 5.74) is 0. The van der Waals surface area contributed by atoms with Gasteiger partial charge in [0.25, 0.3) is 0 Å². The summed E-state index contributed by atoms with van der Waals surface area (Å²) in [5.74, 6) is 2.05. The molecule has 1 aliphatic rings. The van der Waals surface area contributed by atoms with E-state index in [1.807, 2.05) is 0 Å². The predicted octanol–water partition coefficient (Wildman–Crippen LogP) is 1.22. The van der Waals surface area contributed by atoms with Crippen molar-refractivity contribution in [2.24, 2.45) is 9.98 Å². The van der Waals surface area contributed by atoms with Gasteiger partial charge in [-0.15, -0.1) is 23.5 Å². The molecular formula is C8H10N2O2S2. The Bertz CT molecular complexity index is 255. The standard InChI is InChI=1S/C8H10N2O2S2/c11-6-9-4-8(5-10-7-12)13-2-1-3-14-8/h1-5H2. The average Bonchev–Trinajstić information content (AvgIpc) is 2.25. The third kappa shape index (κ3) is 3.31. The van der Waals surface area contributed by atoms with Gasteiger partial charge in [0, 0.05) is 0 Å². The van der Waals surface area contributed by atoms with Gasteiger partial charge >= 0.3 is 0 Å². The molecule has 0 N–H and O–H groups in total. The van der Waals surface area contributed by atoms with Crippen molar-refractivity contribution >= 4 is 35.7 Å². The summed E-state index contributed by atoms with van der Waals surface area (Å²) in [5, 5.41) is 0. The first-order valence-electron chi connectivity index (χ1n) is 4.18. The number of rotatable bonds is 4. The topological polar surface area (TPSA) is 58.9 Å². The van der Waals surface area contributed by atoms with Gasteiger partial charge in [0.15, 0.2) is 0 Å². The van der Waals surface area contributed by atoms with E-state index in [0.29, 0.717) is 13.1 Å². The lowest BCUT2D eigenvalue weighted by atomic mass is 10.4. The molecule has 0 bridgehead atoms. The molecule has 1 heterocycles. The molecule has 0 aromatic rings. The maximum absolute atomic E-state index is 10.0. The van der Waals surface area contributed by atoms with Crippen LogP contribution in [0.25, 0.3) is 0 Å². The smallest absolute Gasteiger partial charge is 0.211 e. The maximum atomic E-state index is 10.0.